The van der Waals surface area contributed by atoms with E-state index in [0.717, 1.165) is 48.6 Å². The van der Waals surface area contributed by atoms with E-state index < -0.39 is 0 Å². The van der Waals surface area contributed by atoms with Crippen molar-refractivity contribution in [3.8, 4) is 0 Å². The van der Waals surface area contributed by atoms with Crippen LogP contribution in [0.3, 0.4) is 0 Å². The van der Waals surface area contributed by atoms with Crippen LogP contribution in [-0.4, -0.2) is 53.1 Å². The zero-order valence-electron chi connectivity index (χ0n) is 18.9. The number of pyridine rings is 1. The molecule has 6 heteroatoms. The number of nitrogens with zero attached hydrogens (tertiary/aromatic N) is 3. The van der Waals surface area contributed by atoms with E-state index in [-0.39, 0.29) is 17.6 Å². The summed E-state index contributed by atoms with van der Waals surface area (Å²) >= 11 is 0. The van der Waals surface area contributed by atoms with Crippen LogP contribution in [0.1, 0.15) is 58.9 Å². The summed E-state index contributed by atoms with van der Waals surface area (Å²) in [7, 11) is 1.89. The lowest BCUT2D eigenvalue weighted by atomic mass is 9.89. The second-order valence-electron chi connectivity index (χ2n) is 8.03. The van der Waals surface area contributed by atoms with Crippen LogP contribution in [0.4, 0.5) is 0 Å². The summed E-state index contributed by atoms with van der Waals surface area (Å²) in [6, 6.07) is 4.43. The number of H-pyrrole nitrogens is 1. The van der Waals surface area contributed by atoms with E-state index in [1.807, 2.05) is 20.0 Å². The van der Waals surface area contributed by atoms with Crippen molar-refractivity contribution in [1.82, 2.24) is 15.2 Å². The van der Waals surface area contributed by atoms with Crippen molar-refractivity contribution < 1.29 is 0 Å². The molecule has 1 aromatic heterocycles. The Kier molecular flexibility index (Phi) is 7.43. The first-order chi connectivity index (χ1) is 14.5. The van der Waals surface area contributed by atoms with Crippen LogP contribution < -0.4 is 10.9 Å². The number of aliphatic imine (C=N–C) groups is 2. The van der Waals surface area contributed by atoms with Crippen molar-refractivity contribution in [3.05, 3.63) is 52.0 Å². The molecule has 6 nitrogen and oxygen atoms in total. The van der Waals surface area contributed by atoms with Crippen molar-refractivity contribution >= 4 is 17.2 Å². The van der Waals surface area contributed by atoms with E-state index in [0.29, 0.717) is 6.04 Å². The molecule has 1 fully saturated rings. The van der Waals surface area contributed by atoms with Crippen LogP contribution in [0, 0.1) is 0 Å². The largest absolute Gasteiger partial charge is 0.329 e. The number of aromatic nitrogens is 1. The minimum atomic E-state index is -0.0832. The number of rotatable bonds is 6. The molecule has 3 atom stereocenters. The van der Waals surface area contributed by atoms with Gasteiger partial charge in [-0.25, -0.2) is 0 Å². The van der Waals surface area contributed by atoms with Gasteiger partial charge in [-0.05, 0) is 51.7 Å². The summed E-state index contributed by atoms with van der Waals surface area (Å²) < 4.78 is 0. The number of aromatic amines is 1. The molecule has 3 rings (SSSR count). The highest BCUT2D eigenvalue weighted by Crippen LogP contribution is 2.29. The second-order valence-corrected chi connectivity index (χ2v) is 8.03. The average Bonchev–Trinajstić information content (AvgIpc) is 3.19. The first-order valence-electron chi connectivity index (χ1n) is 11.1. The molecule has 162 valence electrons. The van der Waals surface area contributed by atoms with Gasteiger partial charge in [0.25, 0.3) is 0 Å². The van der Waals surface area contributed by atoms with Gasteiger partial charge < -0.3 is 15.2 Å². The number of nitrogens with one attached hydrogen (secondary N) is 2. The van der Waals surface area contributed by atoms with E-state index in [2.05, 4.69) is 53.1 Å². The molecule has 1 saturated heterocycles. The van der Waals surface area contributed by atoms with E-state index in [1.54, 1.807) is 12.3 Å². The zero-order chi connectivity index (χ0) is 21.7. The first-order valence-corrected chi connectivity index (χ1v) is 11.1. The molecule has 0 amide bonds. The van der Waals surface area contributed by atoms with Gasteiger partial charge in [-0.1, -0.05) is 19.1 Å². The summed E-state index contributed by atoms with van der Waals surface area (Å²) in [4.78, 5) is 26.5. The SMILES string of the molecule is C/C=C(/C)C(=NC)[C@@H]1CCC[C@H]([C@H]2CN(/C(=C\C)c3cc[nH]c(=O)c3)C(CC)=N2)N1. The van der Waals surface area contributed by atoms with Crippen molar-refractivity contribution in [2.24, 2.45) is 9.98 Å². The van der Waals surface area contributed by atoms with Crippen LogP contribution in [0.2, 0.25) is 0 Å². The Morgan fingerprint density at radius 1 is 1.33 bits per heavy atom. The quantitative estimate of drug-likeness (QED) is 0.703. The van der Waals surface area contributed by atoms with Crippen LogP contribution >= 0.6 is 0 Å². The summed E-state index contributed by atoms with van der Waals surface area (Å²) in [5, 5.41) is 3.85. The summed E-state index contributed by atoms with van der Waals surface area (Å²) in [5.41, 5.74) is 4.31. The summed E-state index contributed by atoms with van der Waals surface area (Å²) in [6.45, 7) is 9.21. The highest BCUT2D eigenvalue weighted by Gasteiger charge is 2.35. The van der Waals surface area contributed by atoms with Crippen LogP contribution in [0.5, 0.6) is 0 Å². The highest BCUT2D eigenvalue weighted by molar-refractivity contribution is 6.03. The molecule has 2 aliphatic rings. The average molecular weight is 410 g/mol. The van der Waals surface area contributed by atoms with Gasteiger partial charge in [-0.2, -0.15) is 0 Å². The van der Waals surface area contributed by atoms with Crippen LogP contribution in [0.25, 0.3) is 5.70 Å². The normalized spacial score (nSPS) is 26.2. The second kappa shape index (κ2) is 10.0. The van der Waals surface area contributed by atoms with E-state index >= 15 is 0 Å². The number of piperidine rings is 1. The molecule has 0 aliphatic carbocycles. The van der Waals surface area contributed by atoms with E-state index in [1.165, 1.54) is 12.0 Å². The molecule has 0 saturated carbocycles. The standard InChI is InChI=1S/C24H35N5O/c1-6-16(4)24(25-5)19-11-9-10-18(27-19)20-15-29(22(8-3)28-20)21(7-2)17-12-13-26-23(30)14-17/h6-7,12-14,18-20,27H,8-11,15H2,1-5H3,(H,26,30)/b16-6-,21-7-,25-24?/t18-,19+,20-/m1/s1. The Bertz CT molecular complexity index is 924. The maximum atomic E-state index is 11.8. The van der Waals surface area contributed by atoms with Gasteiger partial charge in [0.1, 0.15) is 5.84 Å². The maximum Gasteiger partial charge on any atom is 0.248 e. The van der Waals surface area contributed by atoms with Gasteiger partial charge in [0.05, 0.1) is 11.8 Å². The third kappa shape index (κ3) is 4.64. The Hall–Kier alpha value is -2.47. The highest BCUT2D eigenvalue weighted by atomic mass is 16.1. The molecule has 0 radical (unpaired) electrons. The Labute approximate surface area is 179 Å². The topological polar surface area (TPSA) is 72.8 Å². The lowest BCUT2D eigenvalue weighted by molar-refractivity contribution is 0.318. The molecular formula is C24H35N5O. The third-order valence-electron chi connectivity index (χ3n) is 6.24. The number of hydrogen-bond donors (Lipinski definition) is 2. The number of allylic oxidation sites excluding steroid dienone is 2. The predicted octanol–water partition coefficient (Wildman–Crippen LogP) is 3.78. The molecule has 0 unspecified atom stereocenters. The molecule has 0 aromatic carbocycles. The molecule has 30 heavy (non-hydrogen) atoms. The number of amidine groups is 1. The minimum absolute atomic E-state index is 0.0832. The van der Waals surface area contributed by atoms with Crippen molar-refractivity contribution in [1.29, 1.82) is 0 Å². The van der Waals surface area contributed by atoms with Gasteiger partial charge in [0, 0.05) is 55.6 Å². The molecule has 2 aliphatic heterocycles. The van der Waals surface area contributed by atoms with Gasteiger partial charge in [0.2, 0.25) is 5.56 Å². The third-order valence-corrected chi connectivity index (χ3v) is 6.24. The van der Waals surface area contributed by atoms with Gasteiger partial charge in [-0.15, -0.1) is 0 Å². The maximum absolute atomic E-state index is 11.8. The van der Waals surface area contributed by atoms with E-state index in [4.69, 9.17) is 4.99 Å². The molecule has 1 aromatic rings. The van der Waals surface area contributed by atoms with Crippen molar-refractivity contribution in [3.63, 3.8) is 0 Å². The van der Waals surface area contributed by atoms with Gasteiger partial charge in [0.15, 0.2) is 0 Å². The van der Waals surface area contributed by atoms with Crippen LogP contribution in [0.15, 0.2) is 50.8 Å². The molecule has 0 spiro atoms. The van der Waals surface area contributed by atoms with Crippen LogP contribution in [-0.2, 0) is 0 Å². The summed E-state index contributed by atoms with van der Waals surface area (Å²) in [6.07, 6.45) is 10.2. The molecule has 0 bridgehead atoms. The fourth-order valence-corrected chi connectivity index (χ4v) is 4.65. The van der Waals surface area contributed by atoms with Gasteiger partial charge in [-0.3, -0.25) is 14.8 Å². The Morgan fingerprint density at radius 3 is 2.77 bits per heavy atom. The number of hydrogen-bond acceptors (Lipinski definition) is 5. The fourth-order valence-electron chi connectivity index (χ4n) is 4.65. The monoisotopic (exact) mass is 409 g/mol. The first kappa shape index (κ1) is 22.2. The zero-order valence-corrected chi connectivity index (χ0v) is 18.9. The smallest absolute Gasteiger partial charge is 0.248 e. The Balaban J connectivity index is 1.80. The van der Waals surface area contributed by atoms with Gasteiger partial charge >= 0.3 is 0 Å². The molecule has 3 heterocycles. The lowest BCUT2D eigenvalue weighted by Gasteiger charge is -2.35. The predicted molar refractivity (Wildman–Crippen MR) is 126 cm³/mol. The fraction of sp³-hybridized carbons (Fsp3) is 0.542. The lowest BCUT2D eigenvalue weighted by Crippen LogP contribution is -2.52. The minimum Gasteiger partial charge on any atom is -0.329 e. The van der Waals surface area contributed by atoms with E-state index in [9.17, 15) is 4.79 Å². The Morgan fingerprint density at radius 2 is 2.13 bits per heavy atom. The van der Waals surface area contributed by atoms with Crippen molar-refractivity contribution in [2.45, 2.75) is 71.5 Å². The summed E-state index contributed by atoms with van der Waals surface area (Å²) in [5.74, 6) is 1.09. The molecule has 2 N–H and O–H groups in total. The molecular weight excluding hydrogens is 374 g/mol. The van der Waals surface area contributed by atoms with Crippen molar-refractivity contribution in [2.75, 3.05) is 13.6 Å².